The van der Waals surface area contributed by atoms with Gasteiger partial charge in [0.2, 0.25) is 0 Å². The average molecular weight is 463 g/mol. The van der Waals surface area contributed by atoms with E-state index in [0.717, 1.165) is 5.56 Å². The number of halogens is 1. The number of carboxylic acid groups (broad SMARTS) is 1. The molecule has 174 valence electrons. The molecule has 0 saturated carbocycles. The fourth-order valence-corrected chi connectivity index (χ4v) is 3.28. The number of nitrogens with zero attached hydrogens (tertiary/aromatic N) is 1. The van der Waals surface area contributed by atoms with Gasteiger partial charge >= 0.3 is 12.0 Å². The highest BCUT2D eigenvalue weighted by atomic mass is 35.5. The molecule has 0 spiro atoms. The molecule has 0 aromatic heterocycles. The minimum Gasteiger partial charge on any atom is -0.492 e. The minimum absolute atomic E-state index is 0.235. The zero-order valence-corrected chi connectivity index (χ0v) is 19.5. The molecule has 0 radical (unpaired) electrons. The van der Waals surface area contributed by atoms with Gasteiger partial charge in [-0.25, -0.2) is 9.59 Å². The van der Waals surface area contributed by atoms with Crippen LogP contribution in [-0.4, -0.2) is 54.4 Å². The van der Waals surface area contributed by atoms with Crippen molar-refractivity contribution in [2.24, 2.45) is 5.92 Å². The lowest BCUT2D eigenvalue weighted by molar-refractivity contribution is -0.149. The van der Waals surface area contributed by atoms with Crippen molar-refractivity contribution >= 4 is 29.3 Å². The molecule has 0 aliphatic rings. The largest absolute Gasteiger partial charge is 0.492 e. The number of carbonyl (C=O) groups is 2. The standard InChI is InChI=1S/C24H31ClN2O5/c1-4-31-22(23(28)29)15-18-9-11-19(12-10-18)32-14-13-27(16-17(2)3)24(30)26-21-8-6-5-7-20(21)25/h5-12,17,22H,4,13-16H2,1-3H3,(H,26,30)(H,28,29). The van der Waals surface area contributed by atoms with Gasteiger partial charge in [-0.3, -0.25) is 0 Å². The van der Waals surface area contributed by atoms with Crippen LogP contribution in [0.3, 0.4) is 0 Å². The van der Waals surface area contributed by atoms with Crippen LogP contribution in [0, 0.1) is 5.92 Å². The van der Waals surface area contributed by atoms with E-state index >= 15 is 0 Å². The molecule has 0 bridgehead atoms. The number of carboxylic acids is 1. The summed E-state index contributed by atoms with van der Waals surface area (Å²) in [5.41, 5.74) is 1.41. The van der Waals surface area contributed by atoms with Crippen LogP contribution in [0.15, 0.2) is 48.5 Å². The second-order valence-corrected chi connectivity index (χ2v) is 8.14. The zero-order valence-electron chi connectivity index (χ0n) is 18.7. The first-order chi connectivity index (χ1) is 15.3. The third kappa shape index (κ3) is 8.40. The lowest BCUT2D eigenvalue weighted by Gasteiger charge is -2.25. The molecule has 0 saturated heterocycles. The van der Waals surface area contributed by atoms with E-state index in [4.69, 9.17) is 21.1 Å². The predicted octanol–water partition coefficient (Wildman–Crippen LogP) is 4.94. The van der Waals surface area contributed by atoms with E-state index in [9.17, 15) is 14.7 Å². The number of hydrogen-bond acceptors (Lipinski definition) is 4. The number of rotatable bonds is 12. The number of amides is 2. The summed E-state index contributed by atoms with van der Waals surface area (Å²) < 4.78 is 11.1. The molecule has 2 N–H and O–H groups in total. The highest BCUT2D eigenvalue weighted by molar-refractivity contribution is 6.33. The summed E-state index contributed by atoms with van der Waals surface area (Å²) in [7, 11) is 0. The maximum absolute atomic E-state index is 12.7. The summed E-state index contributed by atoms with van der Waals surface area (Å²) in [6.07, 6.45) is -0.582. The number of hydrogen-bond donors (Lipinski definition) is 2. The summed E-state index contributed by atoms with van der Waals surface area (Å²) >= 11 is 6.14. The van der Waals surface area contributed by atoms with E-state index in [2.05, 4.69) is 5.32 Å². The van der Waals surface area contributed by atoms with Crippen LogP contribution in [0.4, 0.5) is 10.5 Å². The first-order valence-electron chi connectivity index (χ1n) is 10.7. The first-order valence-corrected chi connectivity index (χ1v) is 11.0. The van der Waals surface area contributed by atoms with Crippen molar-refractivity contribution in [1.29, 1.82) is 0 Å². The SMILES string of the molecule is CCOC(Cc1ccc(OCCN(CC(C)C)C(=O)Nc2ccccc2Cl)cc1)C(=O)O. The molecule has 0 heterocycles. The molecule has 1 atom stereocenters. The fourth-order valence-electron chi connectivity index (χ4n) is 3.10. The van der Waals surface area contributed by atoms with E-state index in [1.165, 1.54) is 0 Å². The summed E-state index contributed by atoms with van der Waals surface area (Å²) in [5.74, 6) is -0.0423. The molecular weight excluding hydrogens is 432 g/mol. The Morgan fingerprint density at radius 2 is 1.81 bits per heavy atom. The van der Waals surface area contributed by atoms with Crippen molar-refractivity contribution in [3.8, 4) is 5.75 Å². The van der Waals surface area contributed by atoms with Gasteiger partial charge in [-0.05, 0) is 42.7 Å². The molecule has 2 amide bonds. The van der Waals surface area contributed by atoms with E-state index in [-0.39, 0.29) is 12.5 Å². The van der Waals surface area contributed by atoms with Crippen LogP contribution in [-0.2, 0) is 16.0 Å². The molecule has 2 aromatic carbocycles. The number of urea groups is 1. The zero-order chi connectivity index (χ0) is 23.5. The van der Waals surface area contributed by atoms with Gasteiger partial charge in [-0.15, -0.1) is 0 Å². The van der Waals surface area contributed by atoms with Gasteiger partial charge in [0.15, 0.2) is 6.10 Å². The summed E-state index contributed by atoms with van der Waals surface area (Å²) in [5, 5.41) is 12.5. The average Bonchev–Trinajstić information content (AvgIpc) is 2.75. The van der Waals surface area contributed by atoms with Gasteiger partial charge in [-0.2, -0.15) is 0 Å². The predicted molar refractivity (Wildman–Crippen MR) is 126 cm³/mol. The number of ether oxygens (including phenoxy) is 2. The Bertz CT molecular complexity index is 873. The monoisotopic (exact) mass is 462 g/mol. The van der Waals surface area contributed by atoms with Crippen LogP contribution in [0.5, 0.6) is 5.75 Å². The van der Waals surface area contributed by atoms with E-state index < -0.39 is 12.1 Å². The normalized spacial score (nSPS) is 11.8. The number of aliphatic carboxylic acids is 1. The number of benzene rings is 2. The number of carbonyl (C=O) groups excluding carboxylic acids is 1. The summed E-state index contributed by atoms with van der Waals surface area (Å²) in [6.45, 7) is 7.50. The molecule has 32 heavy (non-hydrogen) atoms. The van der Waals surface area contributed by atoms with Crippen molar-refractivity contribution < 1.29 is 24.2 Å². The maximum atomic E-state index is 12.7. The van der Waals surface area contributed by atoms with E-state index in [0.29, 0.717) is 48.7 Å². The topological polar surface area (TPSA) is 88.1 Å². The number of anilines is 1. The number of nitrogens with one attached hydrogen (secondary N) is 1. The molecule has 2 rings (SSSR count). The van der Waals surface area contributed by atoms with Crippen molar-refractivity contribution in [1.82, 2.24) is 4.90 Å². The Morgan fingerprint density at radius 1 is 1.12 bits per heavy atom. The Hall–Kier alpha value is -2.77. The van der Waals surface area contributed by atoms with Gasteiger partial charge in [-0.1, -0.05) is 49.7 Å². The molecule has 0 fully saturated rings. The van der Waals surface area contributed by atoms with Crippen LogP contribution < -0.4 is 10.1 Å². The van der Waals surface area contributed by atoms with Gasteiger partial charge in [0.1, 0.15) is 12.4 Å². The van der Waals surface area contributed by atoms with Crippen LogP contribution in [0.1, 0.15) is 26.3 Å². The summed E-state index contributed by atoms with van der Waals surface area (Å²) in [6, 6.07) is 14.1. The van der Waals surface area contributed by atoms with Crippen molar-refractivity contribution in [3.05, 3.63) is 59.1 Å². The second kappa shape index (κ2) is 12.9. The molecule has 8 heteroatoms. The van der Waals surface area contributed by atoms with Gasteiger partial charge in [0, 0.05) is 19.6 Å². The third-order valence-corrected chi connectivity index (χ3v) is 4.94. The lowest BCUT2D eigenvalue weighted by atomic mass is 10.1. The van der Waals surface area contributed by atoms with Crippen molar-refractivity contribution in [3.63, 3.8) is 0 Å². The molecule has 7 nitrogen and oxygen atoms in total. The maximum Gasteiger partial charge on any atom is 0.333 e. The van der Waals surface area contributed by atoms with Crippen molar-refractivity contribution in [2.45, 2.75) is 33.3 Å². The van der Waals surface area contributed by atoms with Gasteiger partial charge in [0.05, 0.1) is 17.3 Å². The molecular formula is C24H31ClN2O5. The number of para-hydroxylation sites is 1. The highest BCUT2D eigenvalue weighted by Crippen LogP contribution is 2.21. The molecule has 1 unspecified atom stereocenters. The molecule has 0 aliphatic carbocycles. The minimum atomic E-state index is -0.979. The third-order valence-electron chi connectivity index (χ3n) is 4.61. The Balaban J connectivity index is 1.91. The van der Waals surface area contributed by atoms with Crippen LogP contribution in [0.2, 0.25) is 5.02 Å². The van der Waals surface area contributed by atoms with E-state index in [1.54, 1.807) is 36.1 Å². The highest BCUT2D eigenvalue weighted by Gasteiger charge is 2.18. The summed E-state index contributed by atoms with van der Waals surface area (Å²) in [4.78, 5) is 25.7. The smallest absolute Gasteiger partial charge is 0.333 e. The molecule has 0 aliphatic heterocycles. The quantitative estimate of drug-likeness (QED) is 0.466. The van der Waals surface area contributed by atoms with Gasteiger partial charge < -0.3 is 24.8 Å². The van der Waals surface area contributed by atoms with E-state index in [1.807, 2.05) is 38.1 Å². The Kier molecular flexibility index (Phi) is 10.3. The second-order valence-electron chi connectivity index (χ2n) is 7.73. The van der Waals surface area contributed by atoms with Crippen LogP contribution >= 0.6 is 11.6 Å². The Morgan fingerprint density at radius 3 is 2.41 bits per heavy atom. The van der Waals surface area contributed by atoms with Gasteiger partial charge in [0.25, 0.3) is 0 Å². The first kappa shape index (κ1) is 25.5. The van der Waals surface area contributed by atoms with Crippen molar-refractivity contribution in [2.75, 3.05) is 31.6 Å². The Labute approximate surface area is 194 Å². The molecule has 2 aromatic rings. The lowest BCUT2D eigenvalue weighted by Crippen LogP contribution is -2.40. The fraction of sp³-hybridized carbons (Fsp3) is 0.417. The van der Waals surface area contributed by atoms with Crippen LogP contribution in [0.25, 0.3) is 0 Å².